The van der Waals surface area contributed by atoms with E-state index >= 15 is 0 Å². The van der Waals surface area contributed by atoms with E-state index in [0.29, 0.717) is 19.0 Å². The molecule has 1 aliphatic carbocycles. The van der Waals surface area contributed by atoms with Crippen molar-refractivity contribution in [1.82, 2.24) is 10.2 Å². The van der Waals surface area contributed by atoms with E-state index in [9.17, 15) is 9.18 Å². The van der Waals surface area contributed by atoms with Gasteiger partial charge in [0.2, 0.25) is 0 Å². The molecule has 1 saturated carbocycles. The van der Waals surface area contributed by atoms with Crippen molar-refractivity contribution in [3.63, 3.8) is 0 Å². The summed E-state index contributed by atoms with van der Waals surface area (Å²) >= 11 is 0. The summed E-state index contributed by atoms with van der Waals surface area (Å²) in [4.78, 5) is 14.8. The zero-order valence-electron chi connectivity index (χ0n) is 14.7. The van der Waals surface area contributed by atoms with Crippen molar-refractivity contribution in [1.29, 1.82) is 0 Å². The Labute approximate surface area is 153 Å². The molecule has 4 nitrogen and oxygen atoms in total. The average molecular weight is 353 g/mol. The maximum absolute atomic E-state index is 13.4. The third kappa shape index (κ3) is 3.19. The number of amides is 2. The predicted molar refractivity (Wildman–Crippen MR) is 99.2 cm³/mol. The molecule has 0 saturated heterocycles. The van der Waals surface area contributed by atoms with Gasteiger partial charge in [-0.2, -0.15) is 0 Å². The number of halogens is 1. The van der Waals surface area contributed by atoms with Gasteiger partial charge in [0.15, 0.2) is 0 Å². The number of carbonyl (C=O) groups is 1. The molecular weight excluding hydrogens is 329 g/mol. The van der Waals surface area contributed by atoms with E-state index in [1.54, 1.807) is 12.1 Å². The first-order valence-corrected chi connectivity index (χ1v) is 9.27. The third-order valence-corrected chi connectivity index (χ3v) is 5.72. The van der Waals surface area contributed by atoms with Gasteiger partial charge in [0.25, 0.3) is 0 Å². The minimum absolute atomic E-state index is 0.0760. The number of fused-ring (bicyclic) bond motifs is 1. The Bertz CT molecular complexity index is 792. The quantitative estimate of drug-likeness (QED) is 0.890. The molecule has 136 valence electrons. The third-order valence-electron chi connectivity index (χ3n) is 5.72. The van der Waals surface area contributed by atoms with Crippen LogP contribution in [0.5, 0.6) is 0 Å². The first-order valence-electron chi connectivity index (χ1n) is 9.27. The van der Waals surface area contributed by atoms with Crippen LogP contribution in [0.2, 0.25) is 0 Å². The smallest absolute Gasteiger partial charge is 0.318 e. The van der Waals surface area contributed by atoms with Gasteiger partial charge >= 0.3 is 6.03 Å². The maximum atomic E-state index is 13.4. The van der Waals surface area contributed by atoms with Gasteiger partial charge in [-0.05, 0) is 54.0 Å². The second kappa shape index (κ2) is 7.08. The van der Waals surface area contributed by atoms with E-state index in [0.717, 1.165) is 30.4 Å². The van der Waals surface area contributed by atoms with Gasteiger partial charge in [-0.15, -0.1) is 0 Å². The molecule has 0 spiro atoms. The monoisotopic (exact) mass is 353 g/mol. The number of carbonyl (C=O) groups excluding carboxylic acids is 1. The Morgan fingerprint density at radius 2 is 1.92 bits per heavy atom. The normalized spacial score (nSPS) is 24.5. The SMILES string of the molecule is N[C@H]1CC[C@@H]1CNC(=O)N1CCc2ccccc2[C@@H]1c1ccc(F)cc1. The van der Waals surface area contributed by atoms with Crippen LogP contribution in [-0.2, 0) is 6.42 Å². The van der Waals surface area contributed by atoms with Gasteiger partial charge in [0.05, 0.1) is 6.04 Å². The van der Waals surface area contributed by atoms with Crippen molar-refractivity contribution >= 4 is 6.03 Å². The standard InChI is InChI=1S/C21H24FN3O/c22-17-8-5-15(6-9-17)20-18-4-2-1-3-14(18)11-12-25(20)21(26)24-13-16-7-10-19(16)23/h1-6,8-9,16,19-20H,7,10-13,23H2,(H,24,26)/t16-,19+,20+/m1/s1. The summed E-state index contributed by atoms with van der Waals surface area (Å²) in [6.07, 6.45) is 2.94. The van der Waals surface area contributed by atoms with Crippen LogP contribution in [0.15, 0.2) is 48.5 Å². The first kappa shape index (κ1) is 17.0. The molecule has 3 atom stereocenters. The number of nitrogens with zero attached hydrogens (tertiary/aromatic N) is 1. The highest BCUT2D eigenvalue weighted by Gasteiger charge is 2.33. The molecule has 2 aromatic rings. The number of benzene rings is 2. The number of hydrogen-bond donors (Lipinski definition) is 2. The van der Waals surface area contributed by atoms with Crippen LogP contribution in [-0.4, -0.2) is 30.1 Å². The van der Waals surface area contributed by atoms with Crippen LogP contribution in [0, 0.1) is 11.7 Å². The van der Waals surface area contributed by atoms with Gasteiger partial charge in [0.1, 0.15) is 5.82 Å². The molecule has 1 aliphatic heterocycles. The minimum atomic E-state index is -0.271. The van der Waals surface area contributed by atoms with Crippen LogP contribution >= 0.6 is 0 Å². The molecule has 2 aromatic carbocycles. The Kier molecular flexibility index (Phi) is 4.64. The molecule has 2 aliphatic rings. The number of nitrogens with two attached hydrogens (primary N) is 1. The number of nitrogens with one attached hydrogen (secondary N) is 1. The molecule has 0 aromatic heterocycles. The van der Waals surface area contributed by atoms with Gasteiger partial charge in [-0.25, -0.2) is 9.18 Å². The van der Waals surface area contributed by atoms with E-state index in [1.165, 1.54) is 17.7 Å². The summed E-state index contributed by atoms with van der Waals surface area (Å²) in [7, 11) is 0. The van der Waals surface area contributed by atoms with Crippen molar-refractivity contribution in [3.8, 4) is 0 Å². The number of urea groups is 1. The van der Waals surface area contributed by atoms with Crippen molar-refractivity contribution in [2.24, 2.45) is 11.7 Å². The Balaban J connectivity index is 1.60. The molecule has 5 heteroatoms. The molecule has 2 amide bonds. The van der Waals surface area contributed by atoms with Gasteiger partial charge in [0, 0.05) is 19.1 Å². The highest BCUT2D eigenvalue weighted by atomic mass is 19.1. The Morgan fingerprint density at radius 1 is 1.15 bits per heavy atom. The second-order valence-corrected chi connectivity index (χ2v) is 7.28. The van der Waals surface area contributed by atoms with Gasteiger partial charge < -0.3 is 16.0 Å². The minimum Gasteiger partial charge on any atom is -0.338 e. The second-order valence-electron chi connectivity index (χ2n) is 7.28. The van der Waals surface area contributed by atoms with Crippen molar-refractivity contribution in [2.75, 3.05) is 13.1 Å². The zero-order valence-corrected chi connectivity index (χ0v) is 14.7. The molecule has 0 radical (unpaired) electrons. The fraction of sp³-hybridized carbons (Fsp3) is 0.381. The highest BCUT2D eigenvalue weighted by Crippen LogP contribution is 2.35. The fourth-order valence-corrected chi connectivity index (χ4v) is 3.96. The van der Waals surface area contributed by atoms with Crippen LogP contribution in [0.1, 0.15) is 35.6 Å². The lowest BCUT2D eigenvalue weighted by Gasteiger charge is -2.39. The van der Waals surface area contributed by atoms with E-state index in [-0.39, 0.29) is 23.9 Å². The van der Waals surface area contributed by atoms with E-state index in [2.05, 4.69) is 17.4 Å². The lowest BCUT2D eigenvalue weighted by Crippen LogP contribution is -2.51. The van der Waals surface area contributed by atoms with Gasteiger partial charge in [-0.1, -0.05) is 36.4 Å². The topological polar surface area (TPSA) is 58.4 Å². The average Bonchev–Trinajstić information content (AvgIpc) is 2.66. The van der Waals surface area contributed by atoms with Crippen LogP contribution in [0.25, 0.3) is 0 Å². The van der Waals surface area contributed by atoms with Crippen LogP contribution in [0.3, 0.4) is 0 Å². The summed E-state index contributed by atoms with van der Waals surface area (Å²) < 4.78 is 13.4. The van der Waals surface area contributed by atoms with Gasteiger partial charge in [-0.3, -0.25) is 0 Å². The van der Waals surface area contributed by atoms with E-state index in [4.69, 9.17) is 5.73 Å². The highest BCUT2D eigenvalue weighted by molar-refractivity contribution is 5.76. The summed E-state index contributed by atoms with van der Waals surface area (Å²) in [6.45, 7) is 1.26. The molecule has 1 fully saturated rings. The molecule has 0 bridgehead atoms. The lowest BCUT2D eigenvalue weighted by molar-refractivity contribution is 0.171. The summed E-state index contributed by atoms with van der Waals surface area (Å²) in [5.41, 5.74) is 9.26. The maximum Gasteiger partial charge on any atom is 0.318 e. The lowest BCUT2D eigenvalue weighted by atomic mass is 9.80. The fourth-order valence-electron chi connectivity index (χ4n) is 3.96. The Hall–Kier alpha value is -2.40. The first-order chi connectivity index (χ1) is 12.6. The largest absolute Gasteiger partial charge is 0.338 e. The molecule has 4 rings (SSSR count). The molecule has 1 heterocycles. The zero-order chi connectivity index (χ0) is 18.1. The van der Waals surface area contributed by atoms with Crippen molar-refractivity contribution in [2.45, 2.75) is 31.3 Å². The van der Waals surface area contributed by atoms with Crippen LogP contribution < -0.4 is 11.1 Å². The number of hydrogen-bond acceptors (Lipinski definition) is 2. The van der Waals surface area contributed by atoms with E-state index < -0.39 is 0 Å². The van der Waals surface area contributed by atoms with E-state index in [1.807, 2.05) is 17.0 Å². The summed E-state index contributed by atoms with van der Waals surface area (Å²) in [5.74, 6) is 0.105. The summed E-state index contributed by atoms with van der Waals surface area (Å²) in [6, 6.07) is 14.5. The van der Waals surface area contributed by atoms with Crippen molar-refractivity contribution in [3.05, 3.63) is 71.0 Å². The molecular formula is C21H24FN3O. The summed E-state index contributed by atoms with van der Waals surface area (Å²) in [5, 5.41) is 3.06. The Morgan fingerprint density at radius 3 is 2.62 bits per heavy atom. The number of rotatable bonds is 3. The molecule has 26 heavy (non-hydrogen) atoms. The van der Waals surface area contributed by atoms with Crippen LogP contribution in [0.4, 0.5) is 9.18 Å². The predicted octanol–water partition coefficient (Wildman–Crippen LogP) is 3.22. The molecule has 3 N–H and O–H groups in total. The molecule has 0 unspecified atom stereocenters. The van der Waals surface area contributed by atoms with Crippen molar-refractivity contribution < 1.29 is 9.18 Å².